The lowest BCUT2D eigenvalue weighted by Gasteiger charge is -2.18. The van der Waals surface area contributed by atoms with Gasteiger partial charge in [-0.05, 0) is 42.8 Å². The third-order valence-electron chi connectivity index (χ3n) is 3.50. The Labute approximate surface area is 146 Å². The van der Waals surface area contributed by atoms with Crippen LogP contribution in [0.5, 0.6) is 5.75 Å². The molecule has 0 radical (unpaired) electrons. The lowest BCUT2D eigenvalue weighted by molar-refractivity contribution is 0.0690. The first kappa shape index (κ1) is 18.7. The Morgan fingerprint density at radius 1 is 1.20 bits per heavy atom. The van der Waals surface area contributed by atoms with Gasteiger partial charge in [0.2, 0.25) is 0 Å². The molecule has 1 N–H and O–H groups in total. The fourth-order valence-electron chi connectivity index (χ4n) is 2.14. The van der Waals surface area contributed by atoms with Crippen LogP contribution in [0, 0.1) is 0 Å². The van der Waals surface area contributed by atoms with E-state index in [1.54, 1.807) is 24.3 Å². The number of aromatic carboxylic acids is 1. The number of carboxylic acid groups (broad SMARTS) is 1. The molecule has 25 heavy (non-hydrogen) atoms. The van der Waals surface area contributed by atoms with E-state index in [0.29, 0.717) is 31.1 Å². The minimum atomic E-state index is -3.21. The summed E-state index contributed by atoms with van der Waals surface area (Å²) in [5.74, 6) is 0.120. The number of nitrogens with zero attached hydrogens (tertiary/aromatic N) is 2. The van der Waals surface area contributed by atoms with E-state index in [1.807, 2.05) is 11.9 Å². The van der Waals surface area contributed by atoms with Crippen LogP contribution >= 0.6 is 0 Å². The maximum atomic E-state index is 11.4. The van der Waals surface area contributed by atoms with Crippen LogP contribution in [0.4, 0.5) is 5.82 Å². The molecule has 0 saturated carbocycles. The quantitative estimate of drug-likeness (QED) is 0.716. The Kier molecular flexibility index (Phi) is 5.97. The minimum absolute atomic E-state index is 0.00608. The molecule has 0 saturated heterocycles. The normalized spacial score (nSPS) is 11.1. The number of benzene rings is 1. The number of carbonyl (C=O) groups is 1. The van der Waals surface area contributed by atoms with Crippen LogP contribution in [0.1, 0.15) is 16.9 Å². The molecule has 8 heteroatoms. The molecule has 0 aliphatic heterocycles. The second-order valence-electron chi connectivity index (χ2n) is 5.55. The number of pyridine rings is 1. The van der Waals surface area contributed by atoms with Gasteiger partial charge >= 0.3 is 5.97 Å². The van der Waals surface area contributed by atoms with Gasteiger partial charge in [0.25, 0.3) is 0 Å². The van der Waals surface area contributed by atoms with Crippen LogP contribution in [-0.4, -0.2) is 50.9 Å². The summed E-state index contributed by atoms with van der Waals surface area (Å²) in [4.78, 5) is 17.1. The predicted octanol–water partition coefficient (Wildman–Crippen LogP) is 2.09. The van der Waals surface area contributed by atoms with E-state index in [1.165, 1.54) is 18.2 Å². The molecule has 1 aromatic carbocycles. The number of hydrogen-bond donors (Lipinski definition) is 1. The first-order valence-corrected chi connectivity index (χ1v) is 9.51. The summed E-state index contributed by atoms with van der Waals surface area (Å²) in [6, 6.07) is 11.1. The van der Waals surface area contributed by atoms with Crippen molar-refractivity contribution in [2.45, 2.75) is 11.3 Å². The molecule has 7 nitrogen and oxygen atoms in total. The summed E-state index contributed by atoms with van der Waals surface area (Å²) in [5.41, 5.74) is 0.00608. The molecule has 0 aliphatic rings. The molecular formula is C17H20N2O5S. The van der Waals surface area contributed by atoms with Crippen molar-refractivity contribution < 1.29 is 23.1 Å². The third kappa shape index (κ3) is 5.46. The molecule has 1 aromatic heterocycles. The maximum absolute atomic E-state index is 11.4. The largest absolute Gasteiger partial charge is 0.494 e. The number of hydrogen-bond acceptors (Lipinski definition) is 6. The maximum Gasteiger partial charge on any atom is 0.354 e. The van der Waals surface area contributed by atoms with Gasteiger partial charge in [-0.15, -0.1) is 0 Å². The molecule has 0 unspecified atom stereocenters. The van der Waals surface area contributed by atoms with Crippen molar-refractivity contribution >= 4 is 21.6 Å². The minimum Gasteiger partial charge on any atom is -0.494 e. The highest BCUT2D eigenvalue weighted by Crippen LogP contribution is 2.16. The number of anilines is 1. The Morgan fingerprint density at radius 2 is 1.88 bits per heavy atom. The van der Waals surface area contributed by atoms with Crippen molar-refractivity contribution in [3.05, 3.63) is 48.2 Å². The second kappa shape index (κ2) is 7.98. The van der Waals surface area contributed by atoms with Crippen LogP contribution in [0.3, 0.4) is 0 Å². The Morgan fingerprint density at radius 3 is 2.48 bits per heavy atom. The van der Waals surface area contributed by atoms with Crippen molar-refractivity contribution in [2.75, 3.05) is 31.4 Å². The van der Waals surface area contributed by atoms with Gasteiger partial charge in [-0.3, -0.25) is 0 Å². The van der Waals surface area contributed by atoms with Gasteiger partial charge in [0.05, 0.1) is 11.5 Å². The zero-order valence-corrected chi connectivity index (χ0v) is 14.9. The van der Waals surface area contributed by atoms with Crippen LogP contribution in [-0.2, 0) is 9.84 Å². The lowest BCUT2D eigenvalue weighted by atomic mass is 10.3. The summed E-state index contributed by atoms with van der Waals surface area (Å²) in [6.07, 6.45) is 1.86. The SMILES string of the molecule is CN(CCCOc1ccc(S(C)(=O)=O)cc1)c1cccc(C(=O)O)n1. The monoisotopic (exact) mass is 364 g/mol. The van der Waals surface area contributed by atoms with Gasteiger partial charge in [-0.25, -0.2) is 18.2 Å². The van der Waals surface area contributed by atoms with Crippen molar-refractivity contribution in [2.24, 2.45) is 0 Å². The highest BCUT2D eigenvalue weighted by atomic mass is 32.2. The molecule has 0 amide bonds. The number of sulfone groups is 1. The number of rotatable bonds is 8. The molecule has 2 rings (SSSR count). The van der Waals surface area contributed by atoms with Gasteiger partial charge in [-0.1, -0.05) is 6.07 Å². The molecule has 0 bridgehead atoms. The van der Waals surface area contributed by atoms with E-state index in [4.69, 9.17) is 9.84 Å². The van der Waals surface area contributed by atoms with Crippen LogP contribution in [0.25, 0.3) is 0 Å². The molecule has 0 spiro atoms. The van der Waals surface area contributed by atoms with Gasteiger partial charge in [0.15, 0.2) is 15.5 Å². The third-order valence-corrected chi connectivity index (χ3v) is 4.63. The van der Waals surface area contributed by atoms with E-state index in [-0.39, 0.29) is 10.6 Å². The molecule has 134 valence electrons. The number of carboxylic acids is 1. The van der Waals surface area contributed by atoms with E-state index in [9.17, 15) is 13.2 Å². The summed E-state index contributed by atoms with van der Waals surface area (Å²) >= 11 is 0. The highest BCUT2D eigenvalue weighted by Gasteiger charge is 2.09. The van der Waals surface area contributed by atoms with Crippen molar-refractivity contribution in [1.82, 2.24) is 4.98 Å². The molecule has 0 fully saturated rings. The molecule has 2 aromatic rings. The summed E-state index contributed by atoms with van der Waals surface area (Å²) in [7, 11) is -1.38. The topological polar surface area (TPSA) is 96.8 Å². The highest BCUT2D eigenvalue weighted by molar-refractivity contribution is 7.90. The average molecular weight is 364 g/mol. The molecule has 1 heterocycles. The van der Waals surface area contributed by atoms with E-state index < -0.39 is 15.8 Å². The number of aromatic nitrogens is 1. The van der Waals surface area contributed by atoms with E-state index in [0.717, 1.165) is 6.26 Å². The summed E-state index contributed by atoms with van der Waals surface area (Å²) < 4.78 is 28.4. The fraction of sp³-hybridized carbons (Fsp3) is 0.294. The van der Waals surface area contributed by atoms with Crippen LogP contribution in [0.15, 0.2) is 47.4 Å². The van der Waals surface area contributed by atoms with Crippen LogP contribution < -0.4 is 9.64 Å². The standard InChI is InChI=1S/C17H20N2O5S/c1-19(16-6-3-5-15(18-16)17(20)21)11-4-12-24-13-7-9-14(10-8-13)25(2,22)23/h3,5-10H,4,11-12H2,1-2H3,(H,20,21). The zero-order chi connectivity index (χ0) is 18.4. The van der Waals surface area contributed by atoms with Crippen molar-refractivity contribution in [3.8, 4) is 5.75 Å². The average Bonchev–Trinajstić information content (AvgIpc) is 2.58. The van der Waals surface area contributed by atoms with Crippen LogP contribution in [0.2, 0.25) is 0 Å². The fourth-order valence-corrected chi connectivity index (χ4v) is 2.77. The molecule has 0 atom stereocenters. The first-order chi connectivity index (χ1) is 11.8. The van der Waals surface area contributed by atoms with Gasteiger partial charge in [0, 0.05) is 19.8 Å². The van der Waals surface area contributed by atoms with Gasteiger partial charge in [-0.2, -0.15) is 0 Å². The Bertz CT molecular complexity index is 834. The smallest absolute Gasteiger partial charge is 0.354 e. The van der Waals surface area contributed by atoms with E-state index in [2.05, 4.69) is 4.98 Å². The predicted molar refractivity (Wildman–Crippen MR) is 94.1 cm³/mol. The Balaban J connectivity index is 1.82. The molecular weight excluding hydrogens is 344 g/mol. The molecule has 0 aliphatic carbocycles. The van der Waals surface area contributed by atoms with Crippen molar-refractivity contribution in [1.29, 1.82) is 0 Å². The summed E-state index contributed by atoms with van der Waals surface area (Å²) in [5, 5.41) is 8.96. The summed E-state index contributed by atoms with van der Waals surface area (Å²) in [6.45, 7) is 1.08. The van der Waals surface area contributed by atoms with Gasteiger partial charge in [0.1, 0.15) is 11.6 Å². The lowest BCUT2D eigenvalue weighted by Crippen LogP contribution is -2.22. The van der Waals surface area contributed by atoms with Crippen molar-refractivity contribution in [3.63, 3.8) is 0 Å². The number of ether oxygens (including phenoxy) is 1. The first-order valence-electron chi connectivity index (χ1n) is 7.62. The van der Waals surface area contributed by atoms with Gasteiger partial charge < -0.3 is 14.7 Å². The Hall–Kier alpha value is -2.61. The second-order valence-corrected chi connectivity index (χ2v) is 7.57. The zero-order valence-electron chi connectivity index (χ0n) is 14.0. The van der Waals surface area contributed by atoms with E-state index >= 15 is 0 Å².